The highest BCUT2D eigenvalue weighted by Crippen LogP contribution is 2.39. The van der Waals surface area contributed by atoms with Crippen LogP contribution in [0, 0.1) is 5.92 Å². The molecule has 1 aliphatic heterocycles. The molecule has 3 unspecified atom stereocenters. The van der Waals surface area contributed by atoms with Crippen molar-refractivity contribution in [3.8, 4) is 0 Å². The second-order valence-electron chi connectivity index (χ2n) is 6.04. The van der Waals surface area contributed by atoms with E-state index in [2.05, 4.69) is 0 Å². The molecule has 0 amide bonds. The quantitative estimate of drug-likeness (QED) is 0.845. The minimum atomic E-state index is -3.46. The van der Waals surface area contributed by atoms with Gasteiger partial charge >= 0.3 is 5.97 Å². The second-order valence-corrected chi connectivity index (χ2v) is 8.04. The fourth-order valence-electron chi connectivity index (χ4n) is 3.65. The molecule has 2 rings (SSSR count). The lowest BCUT2D eigenvalue weighted by Crippen LogP contribution is -2.57. The first-order valence-corrected chi connectivity index (χ1v) is 9.32. The fourth-order valence-corrected chi connectivity index (χ4v) is 5.79. The molecule has 1 saturated carbocycles. The number of rotatable bonds is 5. The van der Waals surface area contributed by atoms with Crippen molar-refractivity contribution in [3.63, 3.8) is 0 Å². The highest BCUT2D eigenvalue weighted by molar-refractivity contribution is 7.89. The molecule has 2 fully saturated rings. The van der Waals surface area contributed by atoms with Gasteiger partial charge in [-0.25, -0.2) is 8.42 Å². The summed E-state index contributed by atoms with van der Waals surface area (Å²) < 4.78 is 26.5. The lowest BCUT2D eigenvalue weighted by atomic mass is 9.78. The largest absolute Gasteiger partial charge is 0.480 e. The number of carboxylic acid groups (broad SMARTS) is 1. The Bertz CT molecular complexity index is 448. The van der Waals surface area contributed by atoms with Gasteiger partial charge in [0.1, 0.15) is 6.04 Å². The van der Waals surface area contributed by atoms with Crippen LogP contribution in [-0.2, 0) is 14.8 Å². The Labute approximate surface area is 121 Å². The average Bonchev–Trinajstić information content (AvgIpc) is 2.43. The predicted molar refractivity (Wildman–Crippen MR) is 76.9 cm³/mol. The Balaban J connectivity index is 2.27. The standard InChI is InChI=1S/C14H25NO4S/c1-2-3-10-20(18,19)15-12-7-5-4-6-11(12)8-9-13(15)14(16)17/h11-13H,2-10H2,1H3,(H,16,17). The maximum absolute atomic E-state index is 12.6. The summed E-state index contributed by atoms with van der Waals surface area (Å²) in [5, 5.41) is 9.38. The van der Waals surface area contributed by atoms with Crippen molar-refractivity contribution >= 4 is 16.0 Å². The van der Waals surface area contributed by atoms with E-state index in [0.717, 1.165) is 38.5 Å². The summed E-state index contributed by atoms with van der Waals surface area (Å²) in [5.41, 5.74) is 0. The Kier molecular flexibility index (Phi) is 5.07. The third-order valence-corrected chi connectivity index (χ3v) is 6.65. The molecular weight excluding hydrogens is 278 g/mol. The Morgan fingerprint density at radius 3 is 2.55 bits per heavy atom. The van der Waals surface area contributed by atoms with Gasteiger partial charge in [0.05, 0.1) is 5.75 Å². The van der Waals surface area contributed by atoms with E-state index in [0.29, 0.717) is 18.8 Å². The summed E-state index contributed by atoms with van der Waals surface area (Å²) in [5.74, 6) is -0.555. The van der Waals surface area contributed by atoms with Crippen LogP contribution in [-0.4, -0.2) is 41.6 Å². The normalized spacial score (nSPS) is 31.8. The van der Waals surface area contributed by atoms with E-state index in [1.807, 2.05) is 6.92 Å². The van der Waals surface area contributed by atoms with Gasteiger partial charge in [-0.05, 0) is 38.0 Å². The third-order valence-electron chi connectivity index (χ3n) is 4.68. The molecule has 1 heterocycles. The van der Waals surface area contributed by atoms with Crippen LogP contribution >= 0.6 is 0 Å². The summed E-state index contributed by atoms with van der Waals surface area (Å²) >= 11 is 0. The number of carbonyl (C=O) groups is 1. The first-order valence-electron chi connectivity index (χ1n) is 7.71. The van der Waals surface area contributed by atoms with Gasteiger partial charge in [-0.15, -0.1) is 0 Å². The van der Waals surface area contributed by atoms with Crippen LogP contribution in [0.4, 0.5) is 0 Å². The molecule has 0 aromatic rings. The van der Waals surface area contributed by atoms with Gasteiger partial charge in [0, 0.05) is 6.04 Å². The highest BCUT2D eigenvalue weighted by atomic mass is 32.2. The summed E-state index contributed by atoms with van der Waals surface area (Å²) in [6, 6.07) is -0.934. The summed E-state index contributed by atoms with van der Waals surface area (Å²) in [6.07, 6.45) is 6.72. The second kappa shape index (κ2) is 6.43. The molecule has 116 valence electrons. The molecule has 2 aliphatic rings. The Morgan fingerprint density at radius 2 is 1.90 bits per heavy atom. The number of hydrogen-bond donors (Lipinski definition) is 1. The maximum atomic E-state index is 12.6. The molecule has 5 nitrogen and oxygen atoms in total. The van der Waals surface area contributed by atoms with E-state index in [-0.39, 0.29) is 11.8 Å². The average molecular weight is 303 g/mol. The molecule has 0 aromatic heterocycles. The number of aliphatic carboxylic acids is 1. The van der Waals surface area contributed by atoms with E-state index < -0.39 is 22.0 Å². The van der Waals surface area contributed by atoms with Crippen LogP contribution in [0.5, 0.6) is 0 Å². The van der Waals surface area contributed by atoms with Crippen molar-refractivity contribution in [1.82, 2.24) is 4.31 Å². The van der Waals surface area contributed by atoms with Gasteiger partial charge in [-0.2, -0.15) is 4.31 Å². The topological polar surface area (TPSA) is 74.7 Å². The monoisotopic (exact) mass is 303 g/mol. The molecule has 0 aromatic carbocycles. The minimum Gasteiger partial charge on any atom is -0.480 e. The van der Waals surface area contributed by atoms with E-state index >= 15 is 0 Å². The summed E-state index contributed by atoms with van der Waals surface area (Å²) in [4.78, 5) is 11.5. The molecule has 0 radical (unpaired) electrons. The van der Waals surface area contributed by atoms with Gasteiger partial charge in [0.2, 0.25) is 10.0 Å². The van der Waals surface area contributed by atoms with Crippen LogP contribution in [0.15, 0.2) is 0 Å². The van der Waals surface area contributed by atoms with Crippen LogP contribution in [0.25, 0.3) is 0 Å². The maximum Gasteiger partial charge on any atom is 0.322 e. The molecule has 6 heteroatoms. The lowest BCUT2D eigenvalue weighted by molar-refractivity contribution is -0.144. The lowest BCUT2D eigenvalue weighted by Gasteiger charge is -2.46. The van der Waals surface area contributed by atoms with Gasteiger partial charge in [0.15, 0.2) is 0 Å². The number of unbranched alkanes of at least 4 members (excludes halogenated alkanes) is 1. The van der Waals surface area contributed by atoms with Gasteiger partial charge in [0.25, 0.3) is 0 Å². The van der Waals surface area contributed by atoms with Crippen molar-refractivity contribution in [2.75, 3.05) is 5.75 Å². The van der Waals surface area contributed by atoms with Gasteiger partial charge < -0.3 is 5.11 Å². The van der Waals surface area contributed by atoms with Gasteiger partial charge in [-0.1, -0.05) is 26.2 Å². The van der Waals surface area contributed by atoms with Crippen molar-refractivity contribution in [1.29, 1.82) is 0 Å². The fraction of sp³-hybridized carbons (Fsp3) is 0.929. The molecule has 0 spiro atoms. The first-order chi connectivity index (χ1) is 9.47. The zero-order valence-electron chi connectivity index (χ0n) is 12.1. The molecule has 1 saturated heterocycles. The Morgan fingerprint density at radius 1 is 1.20 bits per heavy atom. The Hall–Kier alpha value is -0.620. The van der Waals surface area contributed by atoms with Crippen molar-refractivity contribution in [2.45, 2.75) is 70.4 Å². The summed E-state index contributed by atoms with van der Waals surface area (Å²) in [7, 11) is -3.46. The van der Waals surface area contributed by atoms with E-state index in [1.54, 1.807) is 0 Å². The third kappa shape index (κ3) is 3.17. The smallest absolute Gasteiger partial charge is 0.322 e. The van der Waals surface area contributed by atoms with Crippen LogP contribution in [0.1, 0.15) is 58.3 Å². The molecule has 1 N–H and O–H groups in total. The van der Waals surface area contributed by atoms with Crippen LogP contribution in [0.3, 0.4) is 0 Å². The number of sulfonamides is 1. The van der Waals surface area contributed by atoms with Crippen LogP contribution in [0.2, 0.25) is 0 Å². The number of fused-ring (bicyclic) bond motifs is 1. The van der Waals surface area contributed by atoms with Gasteiger partial charge in [-0.3, -0.25) is 4.79 Å². The van der Waals surface area contributed by atoms with E-state index in [4.69, 9.17) is 0 Å². The van der Waals surface area contributed by atoms with E-state index in [1.165, 1.54) is 4.31 Å². The SMILES string of the molecule is CCCCS(=O)(=O)N1C(C(=O)O)CCC2CCCCC21. The first kappa shape index (κ1) is 15.8. The highest BCUT2D eigenvalue weighted by Gasteiger charge is 2.46. The number of piperidine rings is 1. The minimum absolute atomic E-state index is 0.0799. The number of carboxylic acids is 1. The zero-order chi connectivity index (χ0) is 14.8. The van der Waals surface area contributed by atoms with Crippen molar-refractivity contribution in [2.24, 2.45) is 5.92 Å². The molecule has 1 aliphatic carbocycles. The number of hydrogen-bond acceptors (Lipinski definition) is 3. The zero-order valence-corrected chi connectivity index (χ0v) is 12.9. The molecule has 0 bridgehead atoms. The molecule has 20 heavy (non-hydrogen) atoms. The predicted octanol–water partition coefficient (Wildman–Crippen LogP) is 2.22. The molecule has 3 atom stereocenters. The van der Waals surface area contributed by atoms with Crippen LogP contribution < -0.4 is 0 Å². The van der Waals surface area contributed by atoms with E-state index in [9.17, 15) is 18.3 Å². The number of nitrogens with zero attached hydrogens (tertiary/aromatic N) is 1. The van der Waals surface area contributed by atoms with Crippen molar-refractivity contribution in [3.05, 3.63) is 0 Å². The summed E-state index contributed by atoms with van der Waals surface area (Å²) in [6.45, 7) is 1.95. The van der Waals surface area contributed by atoms with Crippen molar-refractivity contribution < 1.29 is 18.3 Å². The molecular formula is C14H25NO4S.